The number of nitrogens with zero attached hydrogens (tertiary/aromatic N) is 1. The van der Waals surface area contributed by atoms with Crippen LogP contribution in [0.1, 0.15) is 10.4 Å². The lowest BCUT2D eigenvalue weighted by atomic mass is 10.2. The van der Waals surface area contributed by atoms with Gasteiger partial charge < -0.3 is 15.4 Å². The van der Waals surface area contributed by atoms with Crippen LogP contribution in [0.2, 0.25) is 5.02 Å². The van der Waals surface area contributed by atoms with Gasteiger partial charge in [0.15, 0.2) is 0 Å². The Hall–Kier alpha value is -2.53. The minimum absolute atomic E-state index is 0.221. The van der Waals surface area contributed by atoms with Crippen LogP contribution < -0.4 is 5.32 Å². The topological polar surface area (TPSA) is 78.0 Å². The van der Waals surface area contributed by atoms with E-state index in [1.165, 1.54) is 6.07 Å². The summed E-state index contributed by atoms with van der Waals surface area (Å²) in [6, 6.07) is 12.0. The number of imidazole rings is 1. The number of aromatic carboxylic acids is 1. The molecule has 6 heteroatoms. The van der Waals surface area contributed by atoms with Gasteiger partial charge in [0.2, 0.25) is 5.95 Å². The molecule has 0 spiro atoms. The summed E-state index contributed by atoms with van der Waals surface area (Å²) in [6.45, 7) is 0. The maximum atomic E-state index is 10.9. The minimum Gasteiger partial charge on any atom is -0.478 e. The van der Waals surface area contributed by atoms with E-state index in [0.29, 0.717) is 22.0 Å². The van der Waals surface area contributed by atoms with Gasteiger partial charge in [-0.1, -0.05) is 11.6 Å². The standard InChI is InChI=1S/C14H10ClN3O2/c15-9-2-4-10(5-3-9)16-14-17-11-6-1-8(13(19)20)7-12(11)18-14/h1-7H,(H,19,20)(H2,16,17,18). The van der Waals surface area contributed by atoms with Gasteiger partial charge in [0.1, 0.15) is 0 Å². The first-order valence-electron chi connectivity index (χ1n) is 5.87. The first kappa shape index (κ1) is 12.5. The summed E-state index contributed by atoms with van der Waals surface area (Å²) in [7, 11) is 0. The highest BCUT2D eigenvalue weighted by molar-refractivity contribution is 6.30. The molecular formula is C14H10ClN3O2. The number of aromatic nitrogens is 2. The monoisotopic (exact) mass is 287 g/mol. The average molecular weight is 288 g/mol. The van der Waals surface area contributed by atoms with Gasteiger partial charge in [0, 0.05) is 10.7 Å². The number of hydrogen-bond donors (Lipinski definition) is 3. The van der Waals surface area contributed by atoms with Crippen molar-refractivity contribution in [1.82, 2.24) is 9.97 Å². The van der Waals surface area contributed by atoms with Crippen LogP contribution in [0, 0.1) is 0 Å². The Balaban J connectivity index is 1.92. The van der Waals surface area contributed by atoms with Crippen molar-refractivity contribution < 1.29 is 9.90 Å². The number of halogens is 1. The van der Waals surface area contributed by atoms with Crippen molar-refractivity contribution in [2.45, 2.75) is 0 Å². The van der Waals surface area contributed by atoms with Gasteiger partial charge in [-0.25, -0.2) is 9.78 Å². The summed E-state index contributed by atoms with van der Waals surface area (Å²) in [4.78, 5) is 18.3. The number of anilines is 2. The Morgan fingerprint density at radius 2 is 1.95 bits per heavy atom. The van der Waals surface area contributed by atoms with Crippen LogP contribution in [0.5, 0.6) is 0 Å². The molecule has 0 aliphatic carbocycles. The molecule has 20 heavy (non-hydrogen) atoms. The van der Waals surface area contributed by atoms with Crippen LogP contribution in [-0.2, 0) is 0 Å². The summed E-state index contributed by atoms with van der Waals surface area (Å²) in [6.07, 6.45) is 0. The molecule has 3 N–H and O–H groups in total. The van der Waals surface area contributed by atoms with E-state index in [2.05, 4.69) is 15.3 Å². The maximum absolute atomic E-state index is 10.9. The van der Waals surface area contributed by atoms with Gasteiger partial charge >= 0.3 is 5.97 Å². The molecule has 3 aromatic rings. The number of H-pyrrole nitrogens is 1. The minimum atomic E-state index is -0.964. The van der Waals surface area contributed by atoms with Gasteiger partial charge in [-0.2, -0.15) is 0 Å². The maximum Gasteiger partial charge on any atom is 0.335 e. The molecule has 100 valence electrons. The van der Waals surface area contributed by atoms with Crippen molar-refractivity contribution >= 4 is 40.2 Å². The third-order valence-electron chi connectivity index (χ3n) is 2.84. The summed E-state index contributed by atoms with van der Waals surface area (Å²) in [5.74, 6) is -0.418. The largest absolute Gasteiger partial charge is 0.478 e. The number of fused-ring (bicyclic) bond motifs is 1. The molecule has 0 bridgehead atoms. The van der Waals surface area contributed by atoms with E-state index in [4.69, 9.17) is 16.7 Å². The number of hydrogen-bond acceptors (Lipinski definition) is 3. The number of carboxylic acid groups (broad SMARTS) is 1. The van der Waals surface area contributed by atoms with Crippen molar-refractivity contribution in [3.63, 3.8) is 0 Å². The fourth-order valence-electron chi connectivity index (χ4n) is 1.87. The lowest BCUT2D eigenvalue weighted by molar-refractivity contribution is 0.0697. The van der Waals surface area contributed by atoms with E-state index < -0.39 is 5.97 Å². The molecule has 0 aliphatic heterocycles. The zero-order valence-corrected chi connectivity index (χ0v) is 11.0. The molecule has 0 amide bonds. The highest BCUT2D eigenvalue weighted by Gasteiger charge is 2.07. The number of carbonyl (C=O) groups is 1. The summed E-state index contributed by atoms with van der Waals surface area (Å²) < 4.78 is 0. The van der Waals surface area contributed by atoms with Gasteiger partial charge in [0.25, 0.3) is 0 Å². The Kier molecular flexibility index (Phi) is 3.04. The van der Waals surface area contributed by atoms with Crippen LogP contribution in [0.4, 0.5) is 11.6 Å². The molecule has 0 atom stereocenters. The number of aromatic amines is 1. The Labute approximate surface area is 119 Å². The van der Waals surface area contributed by atoms with Crippen molar-refractivity contribution in [3.05, 3.63) is 53.1 Å². The number of rotatable bonds is 3. The second-order valence-corrected chi connectivity index (χ2v) is 4.69. The number of nitrogens with one attached hydrogen (secondary N) is 2. The molecule has 1 heterocycles. The first-order chi connectivity index (χ1) is 9.61. The molecule has 0 fully saturated rings. The van der Waals surface area contributed by atoms with Crippen LogP contribution >= 0.6 is 11.6 Å². The van der Waals surface area contributed by atoms with Crippen molar-refractivity contribution in [2.75, 3.05) is 5.32 Å². The van der Waals surface area contributed by atoms with Crippen molar-refractivity contribution in [2.24, 2.45) is 0 Å². The van der Waals surface area contributed by atoms with Crippen LogP contribution in [-0.4, -0.2) is 21.0 Å². The van der Waals surface area contributed by atoms with E-state index >= 15 is 0 Å². The molecule has 1 aromatic heterocycles. The highest BCUT2D eigenvalue weighted by Crippen LogP contribution is 2.20. The lowest BCUT2D eigenvalue weighted by Gasteiger charge is -2.01. The van der Waals surface area contributed by atoms with E-state index in [1.807, 2.05) is 12.1 Å². The second kappa shape index (κ2) is 4.86. The first-order valence-corrected chi connectivity index (χ1v) is 6.25. The van der Waals surface area contributed by atoms with E-state index in [0.717, 1.165) is 5.69 Å². The molecule has 0 aliphatic rings. The van der Waals surface area contributed by atoms with Gasteiger partial charge in [-0.05, 0) is 42.5 Å². The molecule has 3 rings (SSSR count). The van der Waals surface area contributed by atoms with Crippen LogP contribution in [0.15, 0.2) is 42.5 Å². The van der Waals surface area contributed by atoms with Crippen LogP contribution in [0.3, 0.4) is 0 Å². The Morgan fingerprint density at radius 1 is 1.20 bits per heavy atom. The van der Waals surface area contributed by atoms with Gasteiger partial charge in [-0.15, -0.1) is 0 Å². The molecule has 0 saturated heterocycles. The van der Waals surface area contributed by atoms with Crippen molar-refractivity contribution in [3.8, 4) is 0 Å². The third kappa shape index (κ3) is 2.44. The fraction of sp³-hybridized carbons (Fsp3) is 0. The van der Waals surface area contributed by atoms with E-state index in [1.54, 1.807) is 24.3 Å². The zero-order chi connectivity index (χ0) is 14.1. The third-order valence-corrected chi connectivity index (χ3v) is 3.09. The molecule has 0 radical (unpaired) electrons. The van der Waals surface area contributed by atoms with Crippen molar-refractivity contribution in [1.29, 1.82) is 0 Å². The van der Waals surface area contributed by atoms with Gasteiger partial charge in [-0.3, -0.25) is 0 Å². The molecule has 0 saturated carbocycles. The Bertz CT molecular complexity index is 781. The predicted molar refractivity (Wildman–Crippen MR) is 77.8 cm³/mol. The molecule has 0 unspecified atom stereocenters. The fourth-order valence-corrected chi connectivity index (χ4v) is 2.00. The quantitative estimate of drug-likeness (QED) is 0.687. The molecule has 5 nitrogen and oxygen atoms in total. The normalized spacial score (nSPS) is 10.7. The molecule has 2 aromatic carbocycles. The second-order valence-electron chi connectivity index (χ2n) is 4.25. The average Bonchev–Trinajstić information content (AvgIpc) is 2.82. The van der Waals surface area contributed by atoms with E-state index in [9.17, 15) is 4.79 Å². The summed E-state index contributed by atoms with van der Waals surface area (Å²) in [5.41, 5.74) is 2.43. The smallest absolute Gasteiger partial charge is 0.335 e. The Morgan fingerprint density at radius 3 is 2.65 bits per heavy atom. The van der Waals surface area contributed by atoms with E-state index in [-0.39, 0.29) is 5.56 Å². The van der Waals surface area contributed by atoms with Crippen LogP contribution in [0.25, 0.3) is 11.0 Å². The predicted octanol–water partition coefficient (Wildman–Crippen LogP) is 3.66. The lowest BCUT2D eigenvalue weighted by Crippen LogP contribution is -1.94. The number of benzene rings is 2. The van der Waals surface area contributed by atoms with Gasteiger partial charge in [0.05, 0.1) is 16.6 Å². The zero-order valence-electron chi connectivity index (χ0n) is 10.2. The molecular weight excluding hydrogens is 278 g/mol. The SMILES string of the molecule is O=C(O)c1ccc2nc(Nc3ccc(Cl)cc3)[nH]c2c1. The number of carboxylic acids is 1. The highest BCUT2D eigenvalue weighted by atomic mass is 35.5. The summed E-state index contributed by atoms with van der Waals surface area (Å²) >= 11 is 5.82. The summed E-state index contributed by atoms with van der Waals surface area (Å²) in [5, 5.41) is 12.7.